The lowest BCUT2D eigenvalue weighted by Gasteiger charge is -2.37. The van der Waals surface area contributed by atoms with E-state index in [2.05, 4.69) is 24.0 Å². The molecule has 21 heavy (non-hydrogen) atoms. The van der Waals surface area contributed by atoms with Crippen LogP contribution < -0.4 is 4.74 Å². The van der Waals surface area contributed by atoms with Gasteiger partial charge >= 0.3 is 5.97 Å². The fraction of sp³-hybridized carbons (Fsp3) is 0.588. The van der Waals surface area contributed by atoms with Crippen LogP contribution in [-0.2, 0) is 11.3 Å². The second kappa shape index (κ2) is 6.94. The zero-order chi connectivity index (χ0) is 15.3. The summed E-state index contributed by atoms with van der Waals surface area (Å²) in [4.78, 5) is 13.6. The average molecular weight is 291 g/mol. The van der Waals surface area contributed by atoms with Crippen molar-refractivity contribution < 1.29 is 14.6 Å². The molecule has 0 bridgehead atoms. The summed E-state index contributed by atoms with van der Waals surface area (Å²) in [5, 5.41) is 9.38. The van der Waals surface area contributed by atoms with Gasteiger partial charge < -0.3 is 9.84 Å². The summed E-state index contributed by atoms with van der Waals surface area (Å²) in [5.41, 5.74) is 0.562. The molecule has 1 saturated heterocycles. The molecule has 0 saturated carbocycles. The van der Waals surface area contributed by atoms with Crippen molar-refractivity contribution in [3.8, 4) is 5.75 Å². The topological polar surface area (TPSA) is 49.8 Å². The summed E-state index contributed by atoms with van der Waals surface area (Å²) in [6.07, 6.45) is 2.70. The van der Waals surface area contributed by atoms with Gasteiger partial charge in [-0.05, 0) is 50.4 Å². The first kappa shape index (κ1) is 15.8. The fourth-order valence-electron chi connectivity index (χ4n) is 2.87. The number of aliphatic carboxylic acids is 1. The molecule has 1 aliphatic heterocycles. The fourth-order valence-corrected chi connectivity index (χ4v) is 2.87. The summed E-state index contributed by atoms with van der Waals surface area (Å²) in [5.74, 6) is 0.208. The molecule has 0 radical (unpaired) electrons. The third-order valence-electron chi connectivity index (χ3n) is 4.07. The van der Waals surface area contributed by atoms with E-state index in [4.69, 9.17) is 4.74 Å². The lowest BCUT2D eigenvalue weighted by molar-refractivity contribution is -0.151. The number of ether oxygens (including phenoxy) is 1. The molecule has 0 spiro atoms. The number of likely N-dealkylation sites (tertiary alicyclic amines) is 1. The van der Waals surface area contributed by atoms with Crippen LogP contribution in [-0.4, -0.2) is 35.7 Å². The Kier molecular flexibility index (Phi) is 5.23. The first-order chi connectivity index (χ1) is 10.0. The summed E-state index contributed by atoms with van der Waals surface area (Å²) < 4.78 is 5.65. The molecule has 4 heteroatoms. The molecule has 1 heterocycles. The Balaban J connectivity index is 1.99. The van der Waals surface area contributed by atoms with Gasteiger partial charge in [0.15, 0.2) is 0 Å². The maximum Gasteiger partial charge on any atom is 0.310 e. The lowest BCUT2D eigenvalue weighted by Crippen LogP contribution is -2.45. The van der Waals surface area contributed by atoms with Crippen molar-refractivity contribution in [1.82, 2.24) is 4.90 Å². The van der Waals surface area contributed by atoms with Gasteiger partial charge in [0.1, 0.15) is 5.75 Å². The highest BCUT2D eigenvalue weighted by atomic mass is 16.5. The number of carbonyl (C=O) groups is 1. The van der Waals surface area contributed by atoms with Gasteiger partial charge in [-0.3, -0.25) is 9.69 Å². The van der Waals surface area contributed by atoms with Crippen molar-refractivity contribution in [3.63, 3.8) is 0 Å². The quantitative estimate of drug-likeness (QED) is 0.874. The van der Waals surface area contributed by atoms with Crippen LogP contribution in [0.15, 0.2) is 24.3 Å². The van der Waals surface area contributed by atoms with E-state index in [1.165, 1.54) is 5.56 Å². The van der Waals surface area contributed by atoms with E-state index < -0.39 is 11.4 Å². The van der Waals surface area contributed by atoms with E-state index in [0.717, 1.165) is 44.7 Å². The van der Waals surface area contributed by atoms with Crippen LogP contribution in [0.3, 0.4) is 0 Å². The maximum atomic E-state index is 11.4. The van der Waals surface area contributed by atoms with Gasteiger partial charge in [-0.1, -0.05) is 19.1 Å². The first-order valence-electron chi connectivity index (χ1n) is 7.71. The predicted molar refractivity (Wildman–Crippen MR) is 82.5 cm³/mol. The van der Waals surface area contributed by atoms with Gasteiger partial charge in [0.25, 0.3) is 0 Å². The lowest BCUT2D eigenvalue weighted by atomic mass is 9.82. The molecule has 1 unspecified atom stereocenters. The molecule has 2 rings (SSSR count). The van der Waals surface area contributed by atoms with Gasteiger partial charge in [-0.2, -0.15) is 0 Å². The van der Waals surface area contributed by atoms with E-state index in [1.54, 1.807) is 0 Å². The normalized spacial score (nSPS) is 23.0. The molecule has 0 aromatic heterocycles. The second-order valence-corrected chi connectivity index (χ2v) is 6.18. The molecule has 1 aromatic rings. The molecule has 1 aromatic carbocycles. The average Bonchev–Trinajstić information content (AvgIpc) is 2.45. The largest absolute Gasteiger partial charge is 0.494 e. The minimum atomic E-state index is -0.688. The Hall–Kier alpha value is -1.55. The van der Waals surface area contributed by atoms with Crippen molar-refractivity contribution in [1.29, 1.82) is 0 Å². The molecule has 1 fully saturated rings. The number of benzene rings is 1. The standard InChI is InChI=1S/C17H25NO3/c1-3-10-21-15-7-4-6-14(11-15)12-18-9-5-8-17(2,13-18)16(19)20/h4,6-7,11H,3,5,8-10,12-13H2,1-2H3,(H,19,20). The van der Waals surface area contributed by atoms with Crippen LogP contribution in [0.2, 0.25) is 0 Å². The SMILES string of the molecule is CCCOc1cccc(CN2CCCC(C)(C(=O)O)C2)c1. The molecule has 116 valence electrons. The zero-order valence-corrected chi connectivity index (χ0v) is 13.0. The molecular weight excluding hydrogens is 266 g/mol. The predicted octanol–water partition coefficient (Wildman–Crippen LogP) is 3.16. The molecule has 1 N–H and O–H groups in total. The van der Waals surface area contributed by atoms with Crippen LogP contribution in [0.4, 0.5) is 0 Å². The van der Waals surface area contributed by atoms with Crippen LogP contribution in [0.1, 0.15) is 38.7 Å². The summed E-state index contributed by atoms with van der Waals surface area (Å²) in [7, 11) is 0. The Morgan fingerprint density at radius 3 is 3.00 bits per heavy atom. The van der Waals surface area contributed by atoms with Crippen LogP contribution in [0, 0.1) is 5.41 Å². The number of rotatable bonds is 6. The Morgan fingerprint density at radius 2 is 2.29 bits per heavy atom. The van der Waals surface area contributed by atoms with Crippen LogP contribution in [0.25, 0.3) is 0 Å². The molecule has 1 atom stereocenters. The van der Waals surface area contributed by atoms with Gasteiger partial charge in [-0.15, -0.1) is 0 Å². The Labute approximate surface area is 126 Å². The summed E-state index contributed by atoms with van der Waals surface area (Å²) >= 11 is 0. The van der Waals surface area contributed by atoms with Crippen molar-refractivity contribution >= 4 is 5.97 Å². The van der Waals surface area contributed by atoms with Crippen molar-refractivity contribution in [2.75, 3.05) is 19.7 Å². The van der Waals surface area contributed by atoms with E-state index >= 15 is 0 Å². The third kappa shape index (κ3) is 4.21. The molecular formula is C17H25NO3. The highest BCUT2D eigenvalue weighted by Crippen LogP contribution is 2.30. The Bertz CT molecular complexity index is 489. The summed E-state index contributed by atoms with van der Waals surface area (Å²) in [6.45, 7) is 7.02. The van der Waals surface area contributed by atoms with Crippen molar-refractivity contribution in [2.45, 2.75) is 39.7 Å². The van der Waals surface area contributed by atoms with Crippen LogP contribution in [0.5, 0.6) is 5.75 Å². The highest BCUT2D eigenvalue weighted by molar-refractivity contribution is 5.74. The first-order valence-corrected chi connectivity index (χ1v) is 7.71. The molecule has 1 aliphatic rings. The van der Waals surface area contributed by atoms with E-state index in [1.807, 2.05) is 19.1 Å². The number of carboxylic acid groups (broad SMARTS) is 1. The number of hydrogen-bond donors (Lipinski definition) is 1. The highest BCUT2D eigenvalue weighted by Gasteiger charge is 2.37. The second-order valence-electron chi connectivity index (χ2n) is 6.18. The smallest absolute Gasteiger partial charge is 0.310 e. The number of nitrogens with zero attached hydrogens (tertiary/aromatic N) is 1. The minimum Gasteiger partial charge on any atom is -0.494 e. The monoisotopic (exact) mass is 291 g/mol. The van der Waals surface area contributed by atoms with Gasteiger partial charge in [0.05, 0.1) is 12.0 Å². The number of hydrogen-bond acceptors (Lipinski definition) is 3. The zero-order valence-electron chi connectivity index (χ0n) is 13.0. The van der Waals surface area contributed by atoms with E-state index in [-0.39, 0.29) is 0 Å². The minimum absolute atomic E-state index is 0.613. The van der Waals surface area contributed by atoms with Gasteiger partial charge in [0.2, 0.25) is 0 Å². The van der Waals surface area contributed by atoms with E-state index in [0.29, 0.717) is 6.54 Å². The molecule has 0 amide bonds. The summed E-state index contributed by atoms with van der Waals surface area (Å²) in [6, 6.07) is 8.10. The van der Waals surface area contributed by atoms with Gasteiger partial charge in [0, 0.05) is 13.1 Å². The number of piperidine rings is 1. The Morgan fingerprint density at radius 1 is 1.48 bits per heavy atom. The van der Waals surface area contributed by atoms with Crippen molar-refractivity contribution in [3.05, 3.63) is 29.8 Å². The third-order valence-corrected chi connectivity index (χ3v) is 4.07. The maximum absolute atomic E-state index is 11.4. The van der Waals surface area contributed by atoms with E-state index in [9.17, 15) is 9.90 Å². The van der Waals surface area contributed by atoms with Gasteiger partial charge in [-0.25, -0.2) is 0 Å². The van der Waals surface area contributed by atoms with Crippen LogP contribution >= 0.6 is 0 Å². The number of carboxylic acids is 1. The molecule has 4 nitrogen and oxygen atoms in total. The molecule has 0 aliphatic carbocycles. The van der Waals surface area contributed by atoms with Crippen molar-refractivity contribution in [2.24, 2.45) is 5.41 Å².